The number of rotatable bonds is 7. The summed E-state index contributed by atoms with van der Waals surface area (Å²) in [5.74, 6) is -1.11. The molecular formula is C17H24N2O4. The summed E-state index contributed by atoms with van der Waals surface area (Å²) in [7, 11) is 0. The van der Waals surface area contributed by atoms with Crippen molar-refractivity contribution in [3.05, 3.63) is 35.9 Å². The minimum Gasteiger partial charge on any atom is -0.480 e. The molecule has 0 saturated carbocycles. The van der Waals surface area contributed by atoms with E-state index in [0.717, 1.165) is 5.56 Å². The quantitative estimate of drug-likeness (QED) is 0.807. The van der Waals surface area contributed by atoms with E-state index in [4.69, 9.17) is 4.74 Å². The summed E-state index contributed by atoms with van der Waals surface area (Å²) in [6.07, 6.45) is 0.318. The van der Waals surface area contributed by atoms with Crippen LogP contribution in [0.1, 0.15) is 12.5 Å². The summed E-state index contributed by atoms with van der Waals surface area (Å²) >= 11 is 0. The standard InChI is InChI=1S/C17H24N2O4/c1-2-19(16(20)13-18-8-10-23-11-9-18)15(17(21)22)12-14-6-4-3-5-7-14/h3-7,15H,2,8-13H2,1H3,(H,21,22)/t15-/m0/s1. The van der Waals surface area contributed by atoms with E-state index in [-0.39, 0.29) is 12.5 Å². The van der Waals surface area contributed by atoms with Crippen molar-refractivity contribution >= 4 is 11.9 Å². The summed E-state index contributed by atoms with van der Waals surface area (Å²) in [5, 5.41) is 9.56. The Morgan fingerprint density at radius 3 is 2.48 bits per heavy atom. The number of carboxylic acid groups (broad SMARTS) is 1. The third-order valence-corrected chi connectivity index (χ3v) is 4.06. The topological polar surface area (TPSA) is 70.1 Å². The predicted molar refractivity (Wildman–Crippen MR) is 86.2 cm³/mol. The molecule has 2 rings (SSSR count). The average molecular weight is 320 g/mol. The Labute approximate surface area is 136 Å². The molecule has 1 aromatic carbocycles. The van der Waals surface area contributed by atoms with E-state index in [1.165, 1.54) is 4.90 Å². The van der Waals surface area contributed by atoms with E-state index < -0.39 is 12.0 Å². The second kappa shape index (κ2) is 8.64. The van der Waals surface area contributed by atoms with Gasteiger partial charge in [-0.3, -0.25) is 9.69 Å². The zero-order valence-electron chi connectivity index (χ0n) is 13.5. The van der Waals surface area contributed by atoms with Gasteiger partial charge in [-0.1, -0.05) is 30.3 Å². The molecule has 6 heteroatoms. The lowest BCUT2D eigenvalue weighted by molar-refractivity contribution is -0.150. The van der Waals surface area contributed by atoms with Crippen LogP contribution in [0.3, 0.4) is 0 Å². The van der Waals surface area contributed by atoms with Crippen molar-refractivity contribution in [3.63, 3.8) is 0 Å². The summed E-state index contributed by atoms with van der Waals surface area (Å²) in [5.41, 5.74) is 0.914. The zero-order valence-corrected chi connectivity index (χ0v) is 13.5. The number of carbonyl (C=O) groups excluding carboxylic acids is 1. The number of aliphatic carboxylic acids is 1. The van der Waals surface area contributed by atoms with Gasteiger partial charge in [-0.05, 0) is 12.5 Å². The first kappa shape index (κ1) is 17.4. The van der Waals surface area contributed by atoms with E-state index >= 15 is 0 Å². The van der Waals surface area contributed by atoms with Crippen LogP contribution in [0.5, 0.6) is 0 Å². The molecule has 0 radical (unpaired) electrons. The maximum Gasteiger partial charge on any atom is 0.326 e. The fourth-order valence-electron chi connectivity index (χ4n) is 2.78. The fourth-order valence-corrected chi connectivity index (χ4v) is 2.78. The van der Waals surface area contributed by atoms with Gasteiger partial charge in [0.15, 0.2) is 0 Å². The van der Waals surface area contributed by atoms with Crippen LogP contribution in [-0.4, -0.2) is 72.2 Å². The molecule has 126 valence electrons. The monoisotopic (exact) mass is 320 g/mol. The number of benzene rings is 1. The molecule has 0 bridgehead atoms. The predicted octanol–water partition coefficient (Wildman–Crippen LogP) is 0.863. The molecule has 1 amide bonds. The number of morpholine rings is 1. The van der Waals surface area contributed by atoms with E-state index in [0.29, 0.717) is 39.3 Å². The van der Waals surface area contributed by atoms with Crippen molar-refractivity contribution in [2.75, 3.05) is 39.4 Å². The Balaban J connectivity index is 2.04. The van der Waals surface area contributed by atoms with E-state index in [1.807, 2.05) is 42.2 Å². The first-order valence-electron chi connectivity index (χ1n) is 7.98. The summed E-state index contributed by atoms with van der Waals surface area (Å²) in [6, 6.07) is 8.57. The fraction of sp³-hybridized carbons (Fsp3) is 0.529. The zero-order chi connectivity index (χ0) is 16.7. The van der Waals surface area contributed by atoms with Gasteiger partial charge < -0.3 is 14.7 Å². The minimum atomic E-state index is -0.967. The van der Waals surface area contributed by atoms with Gasteiger partial charge in [-0.15, -0.1) is 0 Å². The molecule has 0 spiro atoms. The Kier molecular flexibility index (Phi) is 6.55. The van der Waals surface area contributed by atoms with Gasteiger partial charge in [-0.2, -0.15) is 0 Å². The van der Waals surface area contributed by atoms with Crippen LogP contribution in [0.25, 0.3) is 0 Å². The molecule has 1 heterocycles. The number of hydrogen-bond acceptors (Lipinski definition) is 4. The lowest BCUT2D eigenvalue weighted by Gasteiger charge is -2.32. The van der Waals surface area contributed by atoms with Gasteiger partial charge in [0, 0.05) is 26.1 Å². The Hall–Kier alpha value is -1.92. The maximum absolute atomic E-state index is 12.6. The number of nitrogens with zero attached hydrogens (tertiary/aromatic N) is 2. The molecule has 0 aromatic heterocycles. The molecule has 1 aliphatic rings. The Morgan fingerprint density at radius 1 is 1.26 bits per heavy atom. The van der Waals surface area contributed by atoms with E-state index in [1.54, 1.807) is 0 Å². The van der Waals surface area contributed by atoms with Crippen LogP contribution in [0.4, 0.5) is 0 Å². The Morgan fingerprint density at radius 2 is 1.91 bits per heavy atom. The van der Waals surface area contributed by atoms with Crippen LogP contribution >= 0.6 is 0 Å². The third kappa shape index (κ3) is 5.04. The maximum atomic E-state index is 12.6. The van der Waals surface area contributed by atoms with Crippen molar-refractivity contribution in [1.29, 1.82) is 0 Å². The van der Waals surface area contributed by atoms with E-state index in [9.17, 15) is 14.7 Å². The lowest BCUT2D eigenvalue weighted by Crippen LogP contribution is -2.51. The molecule has 1 saturated heterocycles. The van der Waals surface area contributed by atoms with Crippen LogP contribution in [0, 0.1) is 0 Å². The number of ether oxygens (including phenoxy) is 1. The first-order valence-corrected chi connectivity index (χ1v) is 7.98. The second-order valence-corrected chi connectivity index (χ2v) is 5.61. The molecule has 0 unspecified atom stereocenters. The van der Waals surface area contributed by atoms with Crippen molar-refractivity contribution in [3.8, 4) is 0 Å². The molecule has 6 nitrogen and oxygen atoms in total. The minimum absolute atomic E-state index is 0.141. The lowest BCUT2D eigenvalue weighted by atomic mass is 10.0. The van der Waals surface area contributed by atoms with Crippen molar-refractivity contribution in [2.24, 2.45) is 0 Å². The van der Waals surface area contributed by atoms with Crippen LogP contribution in [0.2, 0.25) is 0 Å². The van der Waals surface area contributed by atoms with Gasteiger partial charge in [0.05, 0.1) is 19.8 Å². The highest BCUT2D eigenvalue weighted by Crippen LogP contribution is 2.11. The van der Waals surface area contributed by atoms with Gasteiger partial charge in [0.25, 0.3) is 0 Å². The highest BCUT2D eigenvalue weighted by molar-refractivity contribution is 5.85. The SMILES string of the molecule is CCN(C(=O)CN1CCOCC1)[C@@H](Cc1ccccc1)C(=O)O. The molecule has 23 heavy (non-hydrogen) atoms. The molecule has 1 fully saturated rings. The number of likely N-dealkylation sites (N-methyl/N-ethyl adjacent to an activating group) is 1. The molecule has 1 atom stereocenters. The Bertz CT molecular complexity index is 515. The summed E-state index contributed by atoms with van der Waals surface area (Å²) < 4.78 is 5.27. The highest BCUT2D eigenvalue weighted by atomic mass is 16.5. The molecule has 1 N–H and O–H groups in total. The van der Waals surface area contributed by atoms with Crippen LogP contribution in [0.15, 0.2) is 30.3 Å². The van der Waals surface area contributed by atoms with Crippen molar-refractivity contribution in [1.82, 2.24) is 9.80 Å². The molecule has 1 aliphatic heterocycles. The summed E-state index contributed by atoms with van der Waals surface area (Å²) in [6.45, 7) is 5.10. The summed E-state index contributed by atoms with van der Waals surface area (Å²) in [4.78, 5) is 27.7. The number of amides is 1. The molecule has 1 aromatic rings. The van der Waals surface area contributed by atoms with Gasteiger partial charge in [-0.25, -0.2) is 4.79 Å². The number of carboxylic acids is 1. The van der Waals surface area contributed by atoms with Crippen molar-refractivity contribution in [2.45, 2.75) is 19.4 Å². The van der Waals surface area contributed by atoms with Crippen LogP contribution in [-0.2, 0) is 20.7 Å². The number of carbonyl (C=O) groups is 2. The van der Waals surface area contributed by atoms with Gasteiger partial charge >= 0.3 is 5.97 Å². The largest absolute Gasteiger partial charge is 0.480 e. The first-order chi connectivity index (χ1) is 11.1. The smallest absolute Gasteiger partial charge is 0.326 e. The van der Waals surface area contributed by atoms with Gasteiger partial charge in [0.1, 0.15) is 6.04 Å². The average Bonchev–Trinajstić information content (AvgIpc) is 2.56. The molecule has 0 aliphatic carbocycles. The number of hydrogen-bond donors (Lipinski definition) is 1. The van der Waals surface area contributed by atoms with Crippen LogP contribution < -0.4 is 0 Å². The van der Waals surface area contributed by atoms with Gasteiger partial charge in [0.2, 0.25) is 5.91 Å². The molecular weight excluding hydrogens is 296 g/mol. The highest BCUT2D eigenvalue weighted by Gasteiger charge is 2.29. The van der Waals surface area contributed by atoms with Crippen molar-refractivity contribution < 1.29 is 19.4 Å². The third-order valence-electron chi connectivity index (χ3n) is 4.06. The second-order valence-electron chi connectivity index (χ2n) is 5.61. The normalized spacial score (nSPS) is 16.7. The van der Waals surface area contributed by atoms with E-state index in [2.05, 4.69) is 0 Å².